The molecule has 28 heavy (non-hydrogen) atoms. The van der Waals surface area contributed by atoms with Crippen molar-refractivity contribution in [2.24, 2.45) is 0 Å². The molecule has 2 aromatic carbocycles. The molecule has 0 aliphatic carbocycles. The molecule has 3 aromatic rings. The summed E-state index contributed by atoms with van der Waals surface area (Å²) >= 11 is 6.07. The van der Waals surface area contributed by atoms with E-state index in [1.54, 1.807) is 6.92 Å². The number of aryl methyl sites for hydroxylation is 1. The number of hydrogen-bond donors (Lipinski definition) is 0. The molecule has 0 amide bonds. The van der Waals surface area contributed by atoms with Crippen LogP contribution in [0.25, 0.3) is 11.3 Å². The summed E-state index contributed by atoms with van der Waals surface area (Å²) in [5, 5.41) is 0.644. The van der Waals surface area contributed by atoms with Crippen molar-refractivity contribution < 1.29 is 12.8 Å². The Morgan fingerprint density at radius 3 is 2.39 bits per heavy atom. The normalized spacial score (nSPS) is 15.7. The average Bonchev–Trinajstić information content (AvgIpc) is 3.11. The Morgan fingerprint density at radius 2 is 1.71 bits per heavy atom. The standard InChI is InChI=1S/C20H20ClN3O3S/c1-15-22-20(19(27-15)16-6-3-2-4-7-16)28(25,26)24-12-10-23(11-13-24)18-9-5-8-17(21)14-18/h2-9,14H,10-13H2,1H3. The summed E-state index contributed by atoms with van der Waals surface area (Å²) in [6.45, 7) is 3.56. The van der Waals surface area contributed by atoms with E-state index in [0.29, 0.717) is 42.7 Å². The van der Waals surface area contributed by atoms with E-state index in [1.165, 1.54) is 4.31 Å². The molecule has 1 aromatic heterocycles. The highest BCUT2D eigenvalue weighted by atomic mass is 35.5. The predicted octanol–water partition coefficient (Wildman–Crippen LogP) is 3.81. The molecule has 0 spiro atoms. The van der Waals surface area contributed by atoms with Crippen molar-refractivity contribution in [3.63, 3.8) is 0 Å². The highest BCUT2D eigenvalue weighted by molar-refractivity contribution is 7.89. The highest BCUT2D eigenvalue weighted by Gasteiger charge is 2.34. The first-order chi connectivity index (χ1) is 13.4. The van der Waals surface area contributed by atoms with E-state index in [2.05, 4.69) is 9.88 Å². The maximum Gasteiger partial charge on any atom is 0.264 e. The Balaban J connectivity index is 1.58. The molecule has 1 saturated heterocycles. The number of halogens is 1. The van der Waals surface area contributed by atoms with Crippen LogP contribution in [0.1, 0.15) is 5.89 Å². The second-order valence-electron chi connectivity index (χ2n) is 6.60. The van der Waals surface area contributed by atoms with Crippen LogP contribution in [-0.2, 0) is 10.0 Å². The van der Waals surface area contributed by atoms with Crippen molar-refractivity contribution in [3.05, 3.63) is 65.5 Å². The van der Waals surface area contributed by atoms with Crippen LogP contribution in [0.3, 0.4) is 0 Å². The maximum atomic E-state index is 13.3. The third-order valence-electron chi connectivity index (χ3n) is 4.74. The van der Waals surface area contributed by atoms with E-state index in [-0.39, 0.29) is 10.8 Å². The number of rotatable bonds is 4. The molecule has 0 bridgehead atoms. The first-order valence-corrected chi connectivity index (χ1v) is 10.8. The van der Waals surface area contributed by atoms with Gasteiger partial charge in [0, 0.05) is 49.4 Å². The van der Waals surface area contributed by atoms with Crippen LogP contribution in [0.15, 0.2) is 64.0 Å². The van der Waals surface area contributed by atoms with Crippen LogP contribution in [0.5, 0.6) is 0 Å². The van der Waals surface area contributed by atoms with Gasteiger partial charge in [-0.1, -0.05) is 48.0 Å². The Morgan fingerprint density at radius 1 is 1.00 bits per heavy atom. The zero-order valence-corrected chi connectivity index (χ0v) is 16.9. The molecule has 146 valence electrons. The number of aromatic nitrogens is 1. The third-order valence-corrected chi connectivity index (χ3v) is 6.78. The SMILES string of the molecule is Cc1nc(S(=O)(=O)N2CCN(c3cccc(Cl)c3)CC2)c(-c2ccccc2)o1. The minimum atomic E-state index is -3.76. The van der Waals surface area contributed by atoms with Gasteiger partial charge in [0.25, 0.3) is 10.0 Å². The number of anilines is 1. The van der Waals surface area contributed by atoms with E-state index in [0.717, 1.165) is 5.69 Å². The molecule has 8 heteroatoms. The summed E-state index contributed by atoms with van der Waals surface area (Å²) in [5.41, 5.74) is 1.69. The fourth-order valence-electron chi connectivity index (χ4n) is 3.34. The van der Waals surface area contributed by atoms with Gasteiger partial charge in [0.15, 0.2) is 11.7 Å². The molecule has 0 radical (unpaired) electrons. The number of oxazole rings is 1. The number of piperazine rings is 1. The van der Waals surface area contributed by atoms with Crippen molar-refractivity contribution >= 4 is 27.3 Å². The fourth-order valence-corrected chi connectivity index (χ4v) is 5.05. The first-order valence-electron chi connectivity index (χ1n) is 8.99. The van der Waals surface area contributed by atoms with Gasteiger partial charge in [-0.05, 0) is 18.2 Å². The van der Waals surface area contributed by atoms with Gasteiger partial charge in [0.1, 0.15) is 0 Å². The van der Waals surface area contributed by atoms with Gasteiger partial charge >= 0.3 is 0 Å². The lowest BCUT2D eigenvalue weighted by Gasteiger charge is -2.35. The van der Waals surface area contributed by atoms with Crippen LogP contribution >= 0.6 is 11.6 Å². The number of hydrogen-bond acceptors (Lipinski definition) is 5. The summed E-state index contributed by atoms with van der Waals surface area (Å²) in [7, 11) is -3.76. The van der Waals surface area contributed by atoms with E-state index in [9.17, 15) is 8.42 Å². The van der Waals surface area contributed by atoms with E-state index in [1.807, 2.05) is 54.6 Å². The summed E-state index contributed by atoms with van der Waals surface area (Å²) in [6, 6.07) is 16.8. The second kappa shape index (κ2) is 7.58. The monoisotopic (exact) mass is 417 g/mol. The van der Waals surface area contributed by atoms with Crippen LogP contribution in [0.4, 0.5) is 5.69 Å². The lowest BCUT2D eigenvalue weighted by molar-refractivity contribution is 0.383. The number of nitrogens with zero attached hydrogens (tertiary/aromatic N) is 3. The van der Waals surface area contributed by atoms with Crippen molar-refractivity contribution in [1.29, 1.82) is 0 Å². The Bertz CT molecular complexity index is 1080. The average molecular weight is 418 g/mol. The predicted molar refractivity (Wildman–Crippen MR) is 109 cm³/mol. The van der Waals surface area contributed by atoms with Crippen molar-refractivity contribution in [2.45, 2.75) is 11.9 Å². The van der Waals surface area contributed by atoms with Gasteiger partial charge < -0.3 is 9.32 Å². The smallest absolute Gasteiger partial charge is 0.264 e. The molecule has 1 fully saturated rings. The van der Waals surface area contributed by atoms with Crippen LogP contribution in [0.2, 0.25) is 5.02 Å². The molecule has 1 aliphatic heterocycles. The van der Waals surface area contributed by atoms with E-state index >= 15 is 0 Å². The molecule has 6 nitrogen and oxygen atoms in total. The molecule has 0 atom stereocenters. The molecule has 0 N–H and O–H groups in total. The van der Waals surface area contributed by atoms with Gasteiger partial charge in [-0.3, -0.25) is 0 Å². The van der Waals surface area contributed by atoms with Gasteiger partial charge in [0.2, 0.25) is 5.03 Å². The summed E-state index contributed by atoms with van der Waals surface area (Å²) in [4.78, 5) is 6.32. The van der Waals surface area contributed by atoms with Gasteiger partial charge in [-0.2, -0.15) is 4.31 Å². The van der Waals surface area contributed by atoms with Gasteiger partial charge in [0.05, 0.1) is 0 Å². The van der Waals surface area contributed by atoms with Crippen LogP contribution in [0, 0.1) is 6.92 Å². The zero-order valence-electron chi connectivity index (χ0n) is 15.4. The van der Waals surface area contributed by atoms with Crippen LogP contribution in [-0.4, -0.2) is 43.9 Å². The maximum absolute atomic E-state index is 13.3. The topological polar surface area (TPSA) is 66.7 Å². The minimum Gasteiger partial charge on any atom is -0.440 e. The quantitative estimate of drug-likeness (QED) is 0.645. The lowest BCUT2D eigenvalue weighted by atomic mass is 10.2. The second-order valence-corrected chi connectivity index (χ2v) is 8.89. The largest absolute Gasteiger partial charge is 0.440 e. The fraction of sp³-hybridized carbons (Fsp3) is 0.250. The van der Waals surface area contributed by atoms with Crippen LogP contribution < -0.4 is 4.90 Å². The zero-order chi connectivity index (χ0) is 19.7. The van der Waals surface area contributed by atoms with Gasteiger partial charge in [-0.15, -0.1) is 0 Å². The molecule has 1 aliphatic rings. The van der Waals surface area contributed by atoms with Gasteiger partial charge in [-0.25, -0.2) is 13.4 Å². The molecular weight excluding hydrogens is 398 g/mol. The van der Waals surface area contributed by atoms with Crippen molar-refractivity contribution in [1.82, 2.24) is 9.29 Å². The van der Waals surface area contributed by atoms with Crippen molar-refractivity contribution in [2.75, 3.05) is 31.1 Å². The minimum absolute atomic E-state index is 0.0209. The molecule has 4 rings (SSSR count). The summed E-state index contributed by atoms with van der Waals surface area (Å²) < 4.78 is 33.6. The molecular formula is C20H20ClN3O3S. The molecule has 0 saturated carbocycles. The Kier molecular flexibility index (Phi) is 5.14. The summed E-state index contributed by atoms with van der Waals surface area (Å²) in [5.74, 6) is 0.616. The molecule has 2 heterocycles. The molecule has 0 unspecified atom stereocenters. The number of sulfonamides is 1. The Labute approximate surface area is 169 Å². The lowest BCUT2D eigenvalue weighted by Crippen LogP contribution is -2.48. The third kappa shape index (κ3) is 3.65. The number of benzene rings is 2. The Hall–Kier alpha value is -2.35. The first kappa shape index (κ1) is 19.0. The van der Waals surface area contributed by atoms with E-state index < -0.39 is 10.0 Å². The summed E-state index contributed by atoms with van der Waals surface area (Å²) in [6.07, 6.45) is 0. The van der Waals surface area contributed by atoms with Crippen molar-refractivity contribution in [3.8, 4) is 11.3 Å². The van der Waals surface area contributed by atoms with E-state index in [4.69, 9.17) is 16.0 Å². The highest BCUT2D eigenvalue weighted by Crippen LogP contribution is 2.31.